The first-order valence-corrected chi connectivity index (χ1v) is 16.4. The second kappa shape index (κ2) is 12.4. The topological polar surface area (TPSA) is 180 Å². The Morgan fingerprint density at radius 2 is 1.52 bits per heavy atom. The molecule has 6 heterocycles. The Morgan fingerprint density at radius 1 is 0.750 bits per heavy atom. The number of aromatic nitrogens is 13. The Morgan fingerprint density at radius 3 is 2.37 bits per heavy atom. The number of tetrazole rings is 1. The van der Waals surface area contributed by atoms with Gasteiger partial charge in [0.05, 0.1) is 45.0 Å². The lowest BCUT2D eigenvalue weighted by atomic mass is 10.0. The summed E-state index contributed by atoms with van der Waals surface area (Å²) >= 11 is 6.49. The van der Waals surface area contributed by atoms with Gasteiger partial charge in [-0.25, -0.2) is 28.8 Å². The Labute approximate surface area is 299 Å². The molecule has 9 aromatic rings. The molecule has 0 saturated carbocycles. The molecule has 16 nitrogen and oxygen atoms in total. The first-order valence-electron chi connectivity index (χ1n) is 16.0. The van der Waals surface area contributed by atoms with E-state index in [-0.39, 0.29) is 13.2 Å². The van der Waals surface area contributed by atoms with Crippen LogP contribution in [0.2, 0.25) is 5.02 Å². The molecule has 0 aliphatic carbocycles. The van der Waals surface area contributed by atoms with E-state index in [0.717, 1.165) is 38.7 Å². The highest BCUT2D eigenvalue weighted by molar-refractivity contribution is 6.32. The lowest BCUT2D eigenvalue weighted by molar-refractivity contribution is 0.265. The summed E-state index contributed by atoms with van der Waals surface area (Å²) in [5, 5.41) is 12.4. The lowest BCUT2D eigenvalue weighted by Gasteiger charge is -2.10. The quantitative estimate of drug-likeness (QED) is 0.212. The van der Waals surface area contributed by atoms with E-state index in [0.29, 0.717) is 51.5 Å². The number of aryl methyl sites for hydroxylation is 2. The van der Waals surface area contributed by atoms with Crippen LogP contribution in [0.3, 0.4) is 0 Å². The van der Waals surface area contributed by atoms with Crippen LogP contribution in [0.4, 0.5) is 5.69 Å². The molecule has 256 valence electrons. The lowest BCUT2D eigenvalue weighted by Crippen LogP contribution is -2.08. The van der Waals surface area contributed by atoms with Crippen LogP contribution >= 0.6 is 11.6 Å². The fourth-order valence-electron chi connectivity index (χ4n) is 6.11. The molecule has 0 spiro atoms. The summed E-state index contributed by atoms with van der Waals surface area (Å²) in [5.41, 5.74) is 13.9. The van der Waals surface area contributed by atoms with Gasteiger partial charge in [-0.1, -0.05) is 41.0 Å². The maximum Gasteiger partial charge on any atom is 0.305 e. The van der Waals surface area contributed by atoms with Crippen molar-refractivity contribution in [2.24, 2.45) is 14.1 Å². The van der Waals surface area contributed by atoms with Crippen LogP contribution in [0.1, 0.15) is 11.5 Å². The largest absolute Gasteiger partial charge is 0.458 e. The molecule has 0 unspecified atom stereocenters. The summed E-state index contributed by atoms with van der Waals surface area (Å²) in [6, 6.07) is 23.9. The van der Waals surface area contributed by atoms with Crippen molar-refractivity contribution in [1.82, 2.24) is 63.8 Å². The van der Waals surface area contributed by atoms with Crippen molar-refractivity contribution in [3.8, 4) is 34.9 Å². The highest BCUT2D eigenvalue weighted by atomic mass is 35.5. The van der Waals surface area contributed by atoms with Gasteiger partial charge < -0.3 is 19.8 Å². The molecule has 0 atom stereocenters. The van der Waals surface area contributed by atoms with Gasteiger partial charge in [-0.05, 0) is 70.1 Å². The SMILES string of the molecule is Cn1nnnc1-n1c(OCc2cc(N)ccn2)nc2cc(-c3ccc4nc(COc5nc6ccccc6n5-c5ncncc5Cl)n(C)c4c3)ccc21. The Bertz CT molecular complexity index is 2780. The van der Waals surface area contributed by atoms with Gasteiger partial charge in [0.2, 0.25) is 0 Å². The molecule has 3 aromatic carbocycles. The molecule has 17 heteroatoms. The van der Waals surface area contributed by atoms with E-state index in [1.165, 1.54) is 12.5 Å². The summed E-state index contributed by atoms with van der Waals surface area (Å²) in [4.78, 5) is 27.2. The minimum absolute atomic E-state index is 0.153. The molecular weight excluding hydrogens is 684 g/mol. The molecule has 6 aromatic heterocycles. The van der Waals surface area contributed by atoms with Crippen molar-refractivity contribution < 1.29 is 9.47 Å². The van der Waals surface area contributed by atoms with Gasteiger partial charge in [-0.2, -0.15) is 9.97 Å². The van der Waals surface area contributed by atoms with Crippen molar-refractivity contribution >= 4 is 50.4 Å². The number of hydrogen-bond donors (Lipinski definition) is 1. The summed E-state index contributed by atoms with van der Waals surface area (Å²) in [5.74, 6) is 1.64. The van der Waals surface area contributed by atoms with Crippen molar-refractivity contribution in [3.05, 3.63) is 108 Å². The number of nitrogens with two attached hydrogens (primary N) is 1. The number of fused-ring (bicyclic) bond motifs is 3. The normalized spacial score (nSPS) is 11.6. The molecule has 52 heavy (non-hydrogen) atoms. The number of benzene rings is 3. The third kappa shape index (κ3) is 5.37. The average Bonchev–Trinajstić information content (AvgIpc) is 3.92. The first-order chi connectivity index (χ1) is 25.4. The van der Waals surface area contributed by atoms with E-state index >= 15 is 0 Å². The molecule has 0 radical (unpaired) electrons. The molecule has 2 N–H and O–H groups in total. The van der Waals surface area contributed by atoms with Crippen molar-refractivity contribution in [2.75, 3.05) is 5.73 Å². The predicted octanol–water partition coefficient (Wildman–Crippen LogP) is 5.02. The van der Waals surface area contributed by atoms with Crippen LogP contribution in [0.5, 0.6) is 12.0 Å². The second-order valence-corrected chi connectivity index (χ2v) is 12.3. The van der Waals surface area contributed by atoms with Crippen molar-refractivity contribution in [2.45, 2.75) is 13.2 Å². The number of rotatable bonds is 9. The molecule has 0 aliphatic rings. The van der Waals surface area contributed by atoms with E-state index < -0.39 is 0 Å². The van der Waals surface area contributed by atoms with Gasteiger partial charge in [0, 0.05) is 26.0 Å². The number of halogens is 1. The van der Waals surface area contributed by atoms with E-state index in [1.807, 2.05) is 66.2 Å². The standard InChI is InChI=1S/C35H27ClN14O2/c1-47-30-14-21(7-9-26(30)41-31(47)18-52-34-42-25-5-3-4-6-28(25)49(34)32-24(36)16-38-19-40-32)20-8-10-29-27(13-20)43-35(50(29)33-44-45-46-48(33)2)51-17-23-15-22(37)11-12-39-23/h3-16,19H,17-18H2,1-2H3,(H2,37,39). The Hall–Kier alpha value is -6.94. The van der Waals surface area contributed by atoms with Gasteiger partial charge in [-0.15, -0.1) is 0 Å². The number of ether oxygens (including phenoxy) is 2. The molecular formula is C35H27ClN14O2. The van der Waals surface area contributed by atoms with E-state index in [1.54, 1.807) is 39.2 Å². The number of nitrogen functional groups attached to an aromatic ring is 1. The zero-order valence-electron chi connectivity index (χ0n) is 27.7. The third-order valence-corrected chi connectivity index (χ3v) is 8.91. The van der Waals surface area contributed by atoms with Gasteiger partial charge >= 0.3 is 12.0 Å². The number of pyridine rings is 1. The highest BCUT2D eigenvalue weighted by Crippen LogP contribution is 2.32. The van der Waals surface area contributed by atoms with E-state index in [4.69, 9.17) is 41.8 Å². The van der Waals surface area contributed by atoms with E-state index in [2.05, 4.69) is 36.5 Å². The fourth-order valence-corrected chi connectivity index (χ4v) is 6.30. The van der Waals surface area contributed by atoms with Crippen LogP contribution in [-0.4, -0.2) is 63.8 Å². The van der Waals surface area contributed by atoms with Gasteiger partial charge in [-0.3, -0.25) is 4.98 Å². The van der Waals surface area contributed by atoms with Gasteiger partial charge in [0.15, 0.2) is 5.82 Å². The van der Waals surface area contributed by atoms with E-state index in [9.17, 15) is 0 Å². The number of nitrogens with zero attached hydrogens (tertiary/aromatic N) is 13. The number of para-hydroxylation sites is 2. The van der Waals surface area contributed by atoms with Crippen LogP contribution < -0.4 is 15.2 Å². The molecule has 0 fully saturated rings. The Kier molecular flexibility index (Phi) is 7.43. The minimum atomic E-state index is 0.153. The van der Waals surface area contributed by atoms with Gasteiger partial charge in [0.25, 0.3) is 5.95 Å². The summed E-state index contributed by atoms with van der Waals surface area (Å²) in [7, 11) is 3.71. The van der Waals surface area contributed by atoms with Crippen LogP contribution in [0, 0.1) is 0 Å². The zero-order chi connectivity index (χ0) is 35.3. The molecule has 0 aliphatic heterocycles. The summed E-state index contributed by atoms with van der Waals surface area (Å²) in [6.07, 6.45) is 4.62. The number of anilines is 1. The maximum atomic E-state index is 6.49. The minimum Gasteiger partial charge on any atom is -0.458 e. The molecule has 0 saturated heterocycles. The van der Waals surface area contributed by atoms with Gasteiger partial charge in [0.1, 0.15) is 30.4 Å². The third-order valence-electron chi connectivity index (χ3n) is 8.64. The monoisotopic (exact) mass is 710 g/mol. The number of hydrogen-bond acceptors (Lipinski definition) is 12. The molecule has 9 rings (SSSR count). The number of imidazole rings is 3. The zero-order valence-corrected chi connectivity index (χ0v) is 28.4. The van der Waals surface area contributed by atoms with Crippen LogP contribution in [-0.2, 0) is 27.3 Å². The first kappa shape index (κ1) is 31.1. The van der Waals surface area contributed by atoms with Crippen molar-refractivity contribution in [1.29, 1.82) is 0 Å². The van der Waals surface area contributed by atoms with Crippen LogP contribution in [0.15, 0.2) is 91.5 Å². The average molecular weight is 711 g/mol. The second-order valence-electron chi connectivity index (χ2n) is 11.9. The van der Waals surface area contributed by atoms with Crippen LogP contribution in [0.25, 0.3) is 56.0 Å². The predicted molar refractivity (Wildman–Crippen MR) is 192 cm³/mol. The summed E-state index contributed by atoms with van der Waals surface area (Å²) in [6.45, 7) is 0.309. The van der Waals surface area contributed by atoms with Crippen molar-refractivity contribution in [3.63, 3.8) is 0 Å². The molecule has 0 amide bonds. The Balaban J connectivity index is 1.03. The fraction of sp³-hybridized carbons (Fsp3) is 0.114. The summed E-state index contributed by atoms with van der Waals surface area (Å²) < 4.78 is 19.6. The smallest absolute Gasteiger partial charge is 0.305 e. The maximum absolute atomic E-state index is 6.49. The highest BCUT2D eigenvalue weighted by Gasteiger charge is 2.21. The molecule has 0 bridgehead atoms.